The third-order valence-electron chi connectivity index (χ3n) is 3.31. The predicted molar refractivity (Wildman–Crippen MR) is 105 cm³/mol. The summed E-state index contributed by atoms with van der Waals surface area (Å²) in [4.78, 5) is 12.2. The summed E-state index contributed by atoms with van der Waals surface area (Å²) in [5.41, 5.74) is 2.41. The Kier molecular flexibility index (Phi) is 7.05. The molecule has 0 aliphatic heterocycles. The molecular weight excluding hydrogens is 435 g/mol. The highest BCUT2D eigenvalue weighted by atomic mass is 127. The van der Waals surface area contributed by atoms with Crippen molar-refractivity contribution in [2.45, 2.75) is 13.8 Å². The number of ether oxygens (including phenoxy) is 2. The molecule has 0 aliphatic rings. The summed E-state index contributed by atoms with van der Waals surface area (Å²) < 4.78 is 12.0. The molecule has 0 aromatic heterocycles. The molecule has 0 fully saturated rings. The van der Waals surface area contributed by atoms with Gasteiger partial charge in [-0.05, 0) is 60.2 Å². The second-order valence-corrected chi connectivity index (χ2v) is 6.32. The predicted octanol–water partition coefficient (Wildman–Crippen LogP) is 3.82. The summed E-state index contributed by atoms with van der Waals surface area (Å²) in [6.07, 6.45) is 1.30. The number of carbonyl (C=O) groups is 1. The highest BCUT2D eigenvalue weighted by molar-refractivity contribution is 14.1. The van der Waals surface area contributed by atoms with Crippen molar-refractivity contribution >= 4 is 40.4 Å². The van der Waals surface area contributed by atoms with E-state index in [-0.39, 0.29) is 12.5 Å². The molecule has 0 spiro atoms. The number of nitrogens with one attached hydrogen (secondary N) is 1. The van der Waals surface area contributed by atoms with Crippen LogP contribution in [0, 0.1) is 10.5 Å². The smallest absolute Gasteiger partial charge is 0.262 e. The van der Waals surface area contributed by atoms with Crippen molar-refractivity contribution in [1.82, 2.24) is 0 Å². The second kappa shape index (κ2) is 9.26. The first-order valence-electron chi connectivity index (χ1n) is 7.67. The van der Waals surface area contributed by atoms with Crippen LogP contribution in [0.4, 0.5) is 5.69 Å². The average molecular weight is 454 g/mol. The number of halogens is 1. The Hall–Kier alpha value is -2.29. The molecule has 0 atom stereocenters. The molecule has 0 saturated heterocycles. The summed E-state index contributed by atoms with van der Waals surface area (Å²) >= 11 is 2.09. The topological polar surface area (TPSA) is 80.2 Å². The van der Waals surface area contributed by atoms with Crippen molar-refractivity contribution in [3.63, 3.8) is 0 Å². The Balaban J connectivity index is 2.11. The van der Waals surface area contributed by atoms with Gasteiger partial charge in [-0.25, -0.2) is 0 Å². The van der Waals surface area contributed by atoms with Gasteiger partial charge in [0.25, 0.3) is 5.91 Å². The van der Waals surface area contributed by atoms with Gasteiger partial charge in [0.05, 0.1) is 16.4 Å². The number of hydrogen-bond donors (Lipinski definition) is 2. The second-order valence-electron chi connectivity index (χ2n) is 5.16. The zero-order chi connectivity index (χ0) is 18.2. The fourth-order valence-corrected chi connectivity index (χ4v) is 2.95. The zero-order valence-corrected chi connectivity index (χ0v) is 16.1. The lowest BCUT2D eigenvalue weighted by Crippen LogP contribution is -2.21. The van der Waals surface area contributed by atoms with Crippen molar-refractivity contribution in [2.75, 3.05) is 18.5 Å². The van der Waals surface area contributed by atoms with E-state index in [1.807, 2.05) is 38.1 Å². The van der Waals surface area contributed by atoms with Crippen molar-refractivity contribution in [1.29, 1.82) is 0 Å². The van der Waals surface area contributed by atoms with E-state index in [0.29, 0.717) is 23.7 Å². The Morgan fingerprint density at radius 2 is 2.08 bits per heavy atom. The minimum atomic E-state index is -0.256. The quantitative estimate of drug-likeness (QED) is 0.289. The van der Waals surface area contributed by atoms with Gasteiger partial charge in [0.2, 0.25) is 0 Å². The molecule has 132 valence electrons. The maximum atomic E-state index is 12.2. The van der Waals surface area contributed by atoms with Gasteiger partial charge in [0.15, 0.2) is 18.1 Å². The number of nitrogens with zero attached hydrogens (tertiary/aromatic N) is 1. The van der Waals surface area contributed by atoms with Crippen molar-refractivity contribution in [2.24, 2.45) is 5.16 Å². The van der Waals surface area contributed by atoms with Crippen LogP contribution in [0.2, 0.25) is 0 Å². The summed E-state index contributed by atoms with van der Waals surface area (Å²) in [6, 6.07) is 11.0. The molecule has 25 heavy (non-hydrogen) atoms. The van der Waals surface area contributed by atoms with Gasteiger partial charge >= 0.3 is 0 Å². The van der Waals surface area contributed by atoms with Crippen LogP contribution in [-0.2, 0) is 4.79 Å². The molecule has 0 radical (unpaired) electrons. The molecule has 0 heterocycles. The fourth-order valence-electron chi connectivity index (χ4n) is 2.17. The number of benzene rings is 2. The SMILES string of the molecule is CCOc1cc(/C=N/O)cc(I)c1OCC(=O)Nc1ccccc1C. The third kappa shape index (κ3) is 5.35. The highest BCUT2D eigenvalue weighted by Crippen LogP contribution is 2.34. The lowest BCUT2D eigenvalue weighted by atomic mass is 10.2. The minimum absolute atomic E-state index is 0.141. The summed E-state index contributed by atoms with van der Waals surface area (Å²) in [6.45, 7) is 4.09. The van der Waals surface area contributed by atoms with Gasteiger partial charge in [-0.3, -0.25) is 4.79 Å². The van der Waals surface area contributed by atoms with E-state index in [0.717, 1.165) is 14.8 Å². The van der Waals surface area contributed by atoms with E-state index in [1.165, 1.54) is 6.21 Å². The number of carbonyl (C=O) groups excluding carboxylic acids is 1. The van der Waals surface area contributed by atoms with Crippen LogP contribution in [0.25, 0.3) is 0 Å². The molecule has 2 rings (SSSR count). The molecule has 1 amide bonds. The Morgan fingerprint density at radius 1 is 1.32 bits per heavy atom. The normalized spacial score (nSPS) is 10.7. The molecule has 6 nitrogen and oxygen atoms in total. The Morgan fingerprint density at radius 3 is 2.76 bits per heavy atom. The maximum Gasteiger partial charge on any atom is 0.262 e. The van der Waals surface area contributed by atoms with Crippen LogP contribution >= 0.6 is 22.6 Å². The first-order valence-corrected chi connectivity index (χ1v) is 8.75. The summed E-state index contributed by atoms with van der Waals surface area (Å²) in [5.74, 6) is 0.721. The van der Waals surface area contributed by atoms with Gasteiger partial charge < -0.3 is 20.0 Å². The third-order valence-corrected chi connectivity index (χ3v) is 4.11. The van der Waals surface area contributed by atoms with Gasteiger partial charge in [0.1, 0.15) is 0 Å². The molecule has 2 aromatic rings. The zero-order valence-electron chi connectivity index (χ0n) is 14.0. The van der Waals surface area contributed by atoms with Gasteiger partial charge in [-0.2, -0.15) is 0 Å². The van der Waals surface area contributed by atoms with Crippen LogP contribution < -0.4 is 14.8 Å². The van der Waals surface area contributed by atoms with E-state index in [9.17, 15) is 4.79 Å². The van der Waals surface area contributed by atoms with Crippen LogP contribution in [0.1, 0.15) is 18.1 Å². The lowest BCUT2D eigenvalue weighted by Gasteiger charge is -2.15. The van der Waals surface area contributed by atoms with E-state index < -0.39 is 0 Å². The molecule has 7 heteroatoms. The first-order chi connectivity index (χ1) is 12.0. The number of rotatable bonds is 7. The van der Waals surface area contributed by atoms with Crippen molar-refractivity contribution < 1.29 is 19.5 Å². The molecule has 0 aliphatic carbocycles. The molecular formula is C18H19IN2O4. The highest BCUT2D eigenvalue weighted by Gasteiger charge is 2.14. The van der Waals surface area contributed by atoms with Crippen molar-refractivity contribution in [3.05, 3.63) is 51.1 Å². The minimum Gasteiger partial charge on any atom is -0.490 e. The lowest BCUT2D eigenvalue weighted by molar-refractivity contribution is -0.118. The monoisotopic (exact) mass is 454 g/mol. The number of hydrogen-bond acceptors (Lipinski definition) is 5. The van der Waals surface area contributed by atoms with Crippen LogP contribution in [0.3, 0.4) is 0 Å². The summed E-state index contributed by atoms with van der Waals surface area (Å²) in [7, 11) is 0. The van der Waals surface area contributed by atoms with Gasteiger partial charge in [-0.15, -0.1) is 0 Å². The van der Waals surface area contributed by atoms with E-state index >= 15 is 0 Å². The standard InChI is InChI=1S/C18H19IN2O4/c1-3-24-16-9-13(10-20-23)8-14(19)18(16)25-11-17(22)21-15-7-5-4-6-12(15)2/h4-10,23H,3,11H2,1-2H3,(H,21,22)/b20-10+. The van der Waals surface area contributed by atoms with E-state index in [1.54, 1.807) is 12.1 Å². The molecule has 0 unspecified atom stereocenters. The largest absolute Gasteiger partial charge is 0.490 e. The van der Waals surface area contributed by atoms with Gasteiger partial charge in [0, 0.05) is 11.3 Å². The number of aryl methyl sites for hydroxylation is 1. The van der Waals surface area contributed by atoms with E-state index in [2.05, 4.69) is 33.1 Å². The summed E-state index contributed by atoms with van der Waals surface area (Å²) in [5, 5.41) is 14.5. The van der Waals surface area contributed by atoms with Crippen LogP contribution in [0.15, 0.2) is 41.6 Å². The van der Waals surface area contributed by atoms with Crippen molar-refractivity contribution in [3.8, 4) is 11.5 Å². The number of amides is 1. The Bertz CT molecular complexity index is 778. The number of oxime groups is 1. The number of anilines is 1. The number of para-hydroxylation sites is 1. The first kappa shape index (κ1) is 19.0. The van der Waals surface area contributed by atoms with Crippen LogP contribution in [-0.4, -0.2) is 30.5 Å². The van der Waals surface area contributed by atoms with Crippen LogP contribution in [0.5, 0.6) is 11.5 Å². The van der Waals surface area contributed by atoms with E-state index in [4.69, 9.17) is 14.7 Å². The van der Waals surface area contributed by atoms with Gasteiger partial charge in [-0.1, -0.05) is 23.4 Å². The Labute approximate surface area is 160 Å². The molecule has 0 saturated carbocycles. The fraction of sp³-hybridized carbons (Fsp3) is 0.222. The maximum absolute atomic E-state index is 12.2. The molecule has 2 N–H and O–H groups in total. The molecule has 2 aromatic carbocycles. The average Bonchev–Trinajstić information content (AvgIpc) is 2.57. The molecule has 0 bridgehead atoms.